The Bertz CT molecular complexity index is 1370. The highest BCUT2D eigenvalue weighted by atomic mass is 16.3. The van der Waals surface area contributed by atoms with Gasteiger partial charge in [0.25, 0.3) is 0 Å². The van der Waals surface area contributed by atoms with Crippen molar-refractivity contribution < 1.29 is 5.11 Å². The van der Waals surface area contributed by atoms with Crippen molar-refractivity contribution in [2.24, 2.45) is 4.99 Å². The third-order valence-corrected chi connectivity index (χ3v) is 5.50. The van der Waals surface area contributed by atoms with Crippen LogP contribution in [0, 0.1) is 6.92 Å². The van der Waals surface area contributed by atoms with Gasteiger partial charge in [-0.2, -0.15) is 0 Å². The Morgan fingerprint density at radius 2 is 1.57 bits per heavy atom. The molecule has 1 aliphatic rings. The van der Waals surface area contributed by atoms with Gasteiger partial charge in [0, 0.05) is 21.7 Å². The largest absolute Gasteiger partial charge is 0.508 e. The molecule has 4 aromatic rings. The molecule has 0 saturated carbocycles. The van der Waals surface area contributed by atoms with E-state index in [0.29, 0.717) is 0 Å². The first-order chi connectivity index (χ1) is 13.6. The van der Waals surface area contributed by atoms with Gasteiger partial charge in [-0.25, -0.2) is 4.99 Å². The van der Waals surface area contributed by atoms with Gasteiger partial charge in [0.15, 0.2) is 0 Å². The van der Waals surface area contributed by atoms with Crippen molar-refractivity contribution in [1.29, 1.82) is 0 Å². The highest BCUT2D eigenvalue weighted by Gasteiger charge is 2.21. The standard InChI is InChI=1S/C25H20N2O/c1-15-19-7-3-5-9-21(19)26-24(15)23(17-11-13-18(28)14-12-17)25-16(2)20-8-4-6-10-22(20)27-25/h3-14,26,28H,1-2H3/b25-23+. The number of hydrogen-bond acceptors (Lipinski definition) is 2. The number of phenolic OH excluding ortho intramolecular Hbond substituents is 1. The number of fused-ring (bicyclic) bond motifs is 2. The fourth-order valence-corrected chi connectivity index (χ4v) is 4.02. The molecule has 0 saturated heterocycles. The average Bonchev–Trinajstić information content (AvgIpc) is 3.22. The lowest BCUT2D eigenvalue weighted by Gasteiger charge is -2.12. The van der Waals surface area contributed by atoms with Crippen molar-refractivity contribution in [2.45, 2.75) is 13.8 Å². The number of rotatable bonds is 2. The van der Waals surface area contributed by atoms with Crippen molar-refractivity contribution in [3.63, 3.8) is 0 Å². The number of allylic oxidation sites excluding steroid dienone is 1. The van der Waals surface area contributed by atoms with E-state index in [2.05, 4.69) is 55.2 Å². The van der Waals surface area contributed by atoms with Crippen molar-refractivity contribution >= 4 is 22.0 Å². The summed E-state index contributed by atoms with van der Waals surface area (Å²) in [5.41, 5.74) is 7.60. The fraction of sp³-hybridized carbons (Fsp3) is 0.0800. The van der Waals surface area contributed by atoms with Crippen LogP contribution in [0.15, 0.2) is 83.5 Å². The van der Waals surface area contributed by atoms with Crippen LogP contribution in [-0.2, 0) is 0 Å². The van der Waals surface area contributed by atoms with Crippen LogP contribution in [-0.4, -0.2) is 10.1 Å². The molecule has 2 heterocycles. The SMILES string of the molecule is CC1=c2ccccc2=N/C1=C(\c1ccc(O)cc1)c1[nH]c2ccccc2c1C. The lowest BCUT2D eigenvalue weighted by Crippen LogP contribution is -2.21. The van der Waals surface area contributed by atoms with Crippen molar-refractivity contribution in [3.8, 4) is 5.75 Å². The zero-order valence-electron chi connectivity index (χ0n) is 15.8. The highest BCUT2D eigenvalue weighted by Crippen LogP contribution is 2.36. The molecular formula is C25H20N2O. The number of nitrogens with one attached hydrogen (secondary N) is 1. The minimum atomic E-state index is 0.258. The first kappa shape index (κ1) is 16.6. The molecule has 28 heavy (non-hydrogen) atoms. The molecule has 3 aromatic carbocycles. The van der Waals surface area contributed by atoms with Gasteiger partial charge in [0.2, 0.25) is 0 Å². The van der Waals surface area contributed by atoms with E-state index in [9.17, 15) is 5.11 Å². The van der Waals surface area contributed by atoms with Gasteiger partial charge >= 0.3 is 0 Å². The predicted molar refractivity (Wildman–Crippen MR) is 113 cm³/mol. The Balaban J connectivity index is 1.88. The van der Waals surface area contributed by atoms with Crippen molar-refractivity contribution in [3.05, 3.63) is 106 Å². The lowest BCUT2D eigenvalue weighted by atomic mass is 9.95. The van der Waals surface area contributed by atoms with Gasteiger partial charge in [0.05, 0.1) is 16.7 Å². The zero-order valence-corrected chi connectivity index (χ0v) is 15.8. The third-order valence-electron chi connectivity index (χ3n) is 5.50. The van der Waals surface area contributed by atoms with Gasteiger partial charge in [0.1, 0.15) is 5.75 Å². The van der Waals surface area contributed by atoms with E-state index in [-0.39, 0.29) is 5.75 Å². The fourth-order valence-electron chi connectivity index (χ4n) is 4.02. The Morgan fingerprint density at radius 3 is 2.32 bits per heavy atom. The number of nitrogens with zero attached hydrogens (tertiary/aromatic N) is 1. The molecule has 2 N–H and O–H groups in total. The van der Waals surface area contributed by atoms with E-state index in [1.807, 2.05) is 24.3 Å². The van der Waals surface area contributed by atoms with Crippen LogP contribution in [0.3, 0.4) is 0 Å². The number of H-pyrrole nitrogens is 1. The molecule has 0 aliphatic carbocycles. The van der Waals surface area contributed by atoms with Crippen molar-refractivity contribution in [1.82, 2.24) is 4.98 Å². The molecule has 0 spiro atoms. The number of aryl methyl sites for hydroxylation is 1. The van der Waals surface area contributed by atoms with E-state index in [1.54, 1.807) is 12.1 Å². The predicted octanol–water partition coefficient (Wildman–Crippen LogP) is 4.45. The summed E-state index contributed by atoms with van der Waals surface area (Å²) < 4.78 is 0. The summed E-state index contributed by atoms with van der Waals surface area (Å²) in [6.07, 6.45) is 0. The Labute approximate surface area is 163 Å². The van der Waals surface area contributed by atoms with Crippen LogP contribution in [0.1, 0.15) is 23.7 Å². The second kappa shape index (κ2) is 6.24. The molecule has 0 radical (unpaired) electrons. The second-order valence-corrected chi connectivity index (χ2v) is 7.20. The van der Waals surface area contributed by atoms with Crippen LogP contribution in [0.4, 0.5) is 0 Å². The molecule has 0 atom stereocenters. The number of aromatic nitrogens is 1. The zero-order chi connectivity index (χ0) is 19.3. The average molecular weight is 364 g/mol. The molecule has 3 nitrogen and oxygen atoms in total. The van der Waals surface area contributed by atoms with Gasteiger partial charge in [-0.1, -0.05) is 48.5 Å². The molecule has 5 rings (SSSR count). The van der Waals surface area contributed by atoms with Crippen LogP contribution in [0.25, 0.3) is 22.0 Å². The summed E-state index contributed by atoms with van der Waals surface area (Å²) in [7, 11) is 0. The maximum Gasteiger partial charge on any atom is 0.115 e. The molecule has 0 fully saturated rings. The number of phenols is 1. The molecule has 1 aromatic heterocycles. The van der Waals surface area contributed by atoms with E-state index in [0.717, 1.165) is 39.0 Å². The molecule has 1 aliphatic heterocycles. The Kier molecular flexibility index (Phi) is 3.69. The van der Waals surface area contributed by atoms with Gasteiger partial charge in [-0.05, 0) is 54.8 Å². The summed E-state index contributed by atoms with van der Waals surface area (Å²) in [5.74, 6) is 0.258. The molecule has 0 bridgehead atoms. The maximum atomic E-state index is 9.78. The minimum Gasteiger partial charge on any atom is -0.508 e. The van der Waals surface area contributed by atoms with E-state index in [4.69, 9.17) is 4.99 Å². The molecule has 136 valence electrons. The number of aromatic amines is 1. The number of hydrogen-bond donors (Lipinski definition) is 2. The summed E-state index contributed by atoms with van der Waals surface area (Å²) in [5, 5.41) is 13.2. The smallest absolute Gasteiger partial charge is 0.115 e. The minimum absolute atomic E-state index is 0.258. The van der Waals surface area contributed by atoms with Crippen LogP contribution in [0.2, 0.25) is 0 Å². The number of aromatic hydroxyl groups is 1. The highest BCUT2D eigenvalue weighted by molar-refractivity contribution is 5.96. The summed E-state index contributed by atoms with van der Waals surface area (Å²) in [4.78, 5) is 8.59. The van der Waals surface area contributed by atoms with Crippen LogP contribution in [0.5, 0.6) is 5.75 Å². The maximum absolute atomic E-state index is 9.78. The topological polar surface area (TPSA) is 48.4 Å². The molecule has 3 heteroatoms. The summed E-state index contributed by atoms with van der Waals surface area (Å²) in [6.45, 7) is 4.27. The van der Waals surface area contributed by atoms with E-state index < -0.39 is 0 Å². The molecule has 0 amide bonds. The summed E-state index contributed by atoms with van der Waals surface area (Å²) >= 11 is 0. The quantitative estimate of drug-likeness (QED) is 0.543. The first-order valence-corrected chi connectivity index (χ1v) is 9.40. The Hall–Kier alpha value is -3.59. The monoisotopic (exact) mass is 364 g/mol. The van der Waals surface area contributed by atoms with Crippen LogP contribution < -0.4 is 10.6 Å². The first-order valence-electron chi connectivity index (χ1n) is 9.40. The van der Waals surface area contributed by atoms with E-state index in [1.165, 1.54) is 16.2 Å². The third kappa shape index (κ3) is 2.48. The van der Waals surface area contributed by atoms with Gasteiger partial charge in [-0.3, -0.25) is 0 Å². The molecular weight excluding hydrogens is 344 g/mol. The number of benzene rings is 3. The second-order valence-electron chi connectivity index (χ2n) is 7.20. The van der Waals surface area contributed by atoms with E-state index >= 15 is 0 Å². The molecule has 0 unspecified atom stereocenters. The number of para-hydroxylation sites is 2. The normalized spacial score (nSPS) is 14.9. The Morgan fingerprint density at radius 1 is 0.857 bits per heavy atom. The van der Waals surface area contributed by atoms with Crippen LogP contribution >= 0.6 is 0 Å². The summed E-state index contributed by atoms with van der Waals surface area (Å²) in [6, 6.07) is 24.0. The van der Waals surface area contributed by atoms with Crippen molar-refractivity contribution in [2.75, 3.05) is 0 Å². The van der Waals surface area contributed by atoms with Gasteiger partial charge in [-0.15, -0.1) is 0 Å². The lowest BCUT2D eigenvalue weighted by molar-refractivity contribution is 0.475. The van der Waals surface area contributed by atoms with Gasteiger partial charge < -0.3 is 10.1 Å².